The van der Waals surface area contributed by atoms with Crippen LogP contribution in [-0.2, 0) is 20.4 Å². The van der Waals surface area contributed by atoms with Gasteiger partial charge in [0.2, 0.25) is 5.91 Å². The van der Waals surface area contributed by atoms with E-state index in [2.05, 4.69) is 6.07 Å². The van der Waals surface area contributed by atoms with Crippen LogP contribution in [0.25, 0.3) is 0 Å². The number of hydrogen-bond acceptors (Lipinski definition) is 5. The van der Waals surface area contributed by atoms with Crippen molar-refractivity contribution in [2.45, 2.75) is 25.1 Å². The topological polar surface area (TPSA) is 78.2 Å². The van der Waals surface area contributed by atoms with Gasteiger partial charge in [0.1, 0.15) is 0 Å². The van der Waals surface area contributed by atoms with Crippen molar-refractivity contribution in [2.24, 2.45) is 0 Å². The lowest BCUT2D eigenvalue weighted by atomic mass is 10.1. The minimum Gasteiger partial charge on any atom is -0.338 e. The van der Waals surface area contributed by atoms with Crippen LogP contribution in [0.5, 0.6) is 0 Å². The zero-order valence-corrected chi connectivity index (χ0v) is 14.7. The van der Waals surface area contributed by atoms with Crippen molar-refractivity contribution in [3.8, 4) is 6.07 Å². The van der Waals surface area contributed by atoms with Gasteiger partial charge in [0.05, 0.1) is 28.9 Å². The number of thioether (sulfide) groups is 1. The highest BCUT2D eigenvalue weighted by atomic mass is 32.2. The number of nitrogens with zero attached hydrogens (tertiary/aromatic N) is 2. The lowest BCUT2D eigenvalue weighted by Crippen LogP contribution is -2.41. The first-order valence-corrected chi connectivity index (χ1v) is 10.5. The predicted molar refractivity (Wildman–Crippen MR) is 91.8 cm³/mol. The van der Waals surface area contributed by atoms with Crippen LogP contribution in [0.3, 0.4) is 0 Å². The van der Waals surface area contributed by atoms with Gasteiger partial charge in [0, 0.05) is 18.3 Å². The van der Waals surface area contributed by atoms with E-state index in [9.17, 15) is 13.2 Å². The number of carbonyl (C=O) groups is 1. The Bertz CT molecular complexity index is 710. The molecule has 1 aromatic carbocycles. The van der Waals surface area contributed by atoms with Crippen LogP contribution in [0.2, 0.25) is 0 Å². The molecule has 1 aliphatic rings. The molecule has 1 saturated heterocycles. The molecule has 1 aliphatic heterocycles. The summed E-state index contributed by atoms with van der Waals surface area (Å²) in [7, 11) is -2.99. The molecule has 0 aromatic heterocycles. The van der Waals surface area contributed by atoms with E-state index in [1.54, 1.807) is 11.0 Å². The molecule has 1 aromatic rings. The second kappa shape index (κ2) is 7.84. The Morgan fingerprint density at radius 2 is 2.17 bits per heavy atom. The van der Waals surface area contributed by atoms with E-state index in [-0.39, 0.29) is 23.5 Å². The fourth-order valence-electron chi connectivity index (χ4n) is 2.75. The summed E-state index contributed by atoms with van der Waals surface area (Å²) in [5.41, 5.74) is 1.54. The summed E-state index contributed by atoms with van der Waals surface area (Å²) >= 11 is 1.45. The number of hydrogen-bond donors (Lipinski definition) is 0. The summed E-state index contributed by atoms with van der Waals surface area (Å²) in [6.07, 6.45) is 0.532. The van der Waals surface area contributed by atoms with Crippen molar-refractivity contribution in [2.75, 3.05) is 23.8 Å². The van der Waals surface area contributed by atoms with E-state index in [0.29, 0.717) is 30.0 Å². The average Bonchev–Trinajstić information content (AvgIpc) is 2.88. The van der Waals surface area contributed by atoms with E-state index in [0.717, 1.165) is 5.56 Å². The summed E-state index contributed by atoms with van der Waals surface area (Å²) in [4.78, 5) is 14.0. The first-order valence-electron chi connectivity index (χ1n) is 7.52. The summed E-state index contributed by atoms with van der Waals surface area (Å²) in [6, 6.07) is 9.30. The maximum absolute atomic E-state index is 12.4. The molecule has 0 radical (unpaired) electrons. The van der Waals surface area contributed by atoms with E-state index in [4.69, 9.17) is 5.26 Å². The lowest BCUT2D eigenvalue weighted by Gasteiger charge is -2.26. The average molecular weight is 352 g/mol. The Morgan fingerprint density at radius 1 is 1.43 bits per heavy atom. The van der Waals surface area contributed by atoms with Gasteiger partial charge in [0.25, 0.3) is 0 Å². The second-order valence-corrected chi connectivity index (χ2v) is 8.71. The largest absolute Gasteiger partial charge is 0.338 e. The molecule has 1 fully saturated rings. The van der Waals surface area contributed by atoms with Crippen LogP contribution in [-0.4, -0.2) is 49.1 Å². The maximum Gasteiger partial charge on any atom is 0.232 e. The monoisotopic (exact) mass is 352 g/mol. The van der Waals surface area contributed by atoms with E-state index in [1.807, 2.05) is 25.1 Å². The Labute approximate surface area is 141 Å². The van der Waals surface area contributed by atoms with Gasteiger partial charge >= 0.3 is 0 Å². The summed E-state index contributed by atoms with van der Waals surface area (Å²) in [5.74, 6) is 1.10. The van der Waals surface area contributed by atoms with Gasteiger partial charge in [-0.15, -0.1) is 11.8 Å². The minimum absolute atomic E-state index is 0.0333. The van der Waals surface area contributed by atoms with Gasteiger partial charge in [-0.2, -0.15) is 5.26 Å². The summed E-state index contributed by atoms with van der Waals surface area (Å²) in [6.45, 7) is 2.40. The smallest absolute Gasteiger partial charge is 0.232 e. The van der Waals surface area contributed by atoms with Gasteiger partial charge in [-0.1, -0.05) is 18.2 Å². The molecular weight excluding hydrogens is 332 g/mol. The number of sulfone groups is 1. The van der Waals surface area contributed by atoms with Crippen LogP contribution in [0.1, 0.15) is 24.5 Å². The first kappa shape index (κ1) is 17.8. The third kappa shape index (κ3) is 4.72. The molecule has 0 N–H and O–H groups in total. The Balaban J connectivity index is 1.90. The van der Waals surface area contributed by atoms with Crippen molar-refractivity contribution in [1.29, 1.82) is 5.26 Å². The molecule has 7 heteroatoms. The standard InChI is InChI=1S/C16H20N2O3S2/c1-2-18(15-7-8-23(20,21)12-15)16(19)11-22-10-14-6-4-3-5-13(14)9-17/h3-6,15H,2,7-8,10-12H2,1H3/t15-/m0/s1. The van der Waals surface area contributed by atoms with E-state index < -0.39 is 9.84 Å². The van der Waals surface area contributed by atoms with Gasteiger partial charge < -0.3 is 4.90 Å². The first-order chi connectivity index (χ1) is 11.0. The third-order valence-corrected chi connectivity index (χ3v) is 6.65. The molecule has 0 bridgehead atoms. The molecule has 0 saturated carbocycles. The van der Waals surface area contributed by atoms with Crippen LogP contribution >= 0.6 is 11.8 Å². The fraction of sp³-hybridized carbons (Fsp3) is 0.500. The molecule has 1 amide bonds. The molecular formula is C16H20N2O3S2. The van der Waals surface area contributed by atoms with Crippen LogP contribution in [0.4, 0.5) is 0 Å². The molecule has 2 rings (SSSR count). The Hall–Kier alpha value is -1.52. The van der Waals surface area contributed by atoms with Crippen LogP contribution in [0, 0.1) is 11.3 Å². The lowest BCUT2D eigenvalue weighted by molar-refractivity contribution is -0.129. The normalized spacial score (nSPS) is 19.2. The van der Waals surface area contributed by atoms with Crippen molar-refractivity contribution in [3.63, 3.8) is 0 Å². The number of amides is 1. The molecule has 23 heavy (non-hydrogen) atoms. The van der Waals surface area contributed by atoms with Gasteiger partial charge in [-0.25, -0.2) is 8.42 Å². The summed E-state index contributed by atoms with van der Waals surface area (Å²) < 4.78 is 23.2. The highest BCUT2D eigenvalue weighted by Gasteiger charge is 2.33. The fourth-order valence-corrected chi connectivity index (χ4v) is 5.39. The molecule has 5 nitrogen and oxygen atoms in total. The van der Waals surface area contributed by atoms with Crippen LogP contribution in [0.15, 0.2) is 24.3 Å². The van der Waals surface area contributed by atoms with Gasteiger partial charge in [-0.05, 0) is 25.0 Å². The molecule has 0 unspecified atom stereocenters. The summed E-state index contributed by atoms with van der Waals surface area (Å²) in [5, 5.41) is 9.05. The third-order valence-electron chi connectivity index (χ3n) is 3.93. The second-order valence-electron chi connectivity index (χ2n) is 5.50. The van der Waals surface area contributed by atoms with E-state index >= 15 is 0 Å². The Morgan fingerprint density at radius 3 is 2.78 bits per heavy atom. The number of nitriles is 1. The number of benzene rings is 1. The molecule has 1 heterocycles. The van der Waals surface area contributed by atoms with E-state index in [1.165, 1.54) is 11.8 Å². The molecule has 0 aliphatic carbocycles. The maximum atomic E-state index is 12.4. The minimum atomic E-state index is -2.99. The molecule has 0 spiro atoms. The zero-order valence-electron chi connectivity index (χ0n) is 13.1. The van der Waals surface area contributed by atoms with Crippen LogP contribution < -0.4 is 0 Å². The number of carbonyl (C=O) groups excluding carboxylic acids is 1. The van der Waals surface area contributed by atoms with Gasteiger partial charge in [-0.3, -0.25) is 4.79 Å². The van der Waals surface area contributed by atoms with Crippen molar-refractivity contribution in [1.82, 2.24) is 4.90 Å². The number of rotatable bonds is 6. The highest BCUT2D eigenvalue weighted by molar-refractivity contribution is 7.99. The molecule has 124 valence electrons. The molecule has 1 atom stereocenters. The SMILES string of the molecule is CCN(C(=O)CSCc1ccccc1C#N)[C@H]1CCS(=O)(=O)C1. The quantitative estimate of drug-likeness (QED) is 0.780. The predicted octanol–water partition coefficient (Wildman–Crippen LogP) is 1.83. The van der Waals surface area contributed by atoms with Crippen molar-refractivity contribution >= 4 is 27.5 Å². The van der Waals surface area contributed by atoms with Crippen molar-refractivity contribution < 1.29 is 13.2 Å². The van der Waals surface area contributed by atoms with Gasteiger partial charge in [0.15, 0.2) is 9.84 Å². The Kier molecular flexibility index (Phi) is 6.08. The highest BCUT2D eigenvalue weighted by Crippen LogP contribution is 2.20. The zero-order chi connectivity index (χ0) is 16.9. The van der Waals surface area contributed by atoms with Crippen molar-refractivity contribution in [3.05, 3.63) is 35.4 Å².